The van der Waals surface area contributed by atoms with Crippen LogP contribution in [0.15, 0.2) is 18.3 Å². The van der Waals surface area contributed by atoms with Gasteiger partial charge in [0.15, 0.2) is 0 Å². The van der Waals surface area contributed by atoms with Crippen LogP contribution in [0.2, 0.25) is 5.15 Å². The monoisotopic (exact) mass is 225 g/mol. The summed E-state index contributed by atoms with van der Waals surface area (Å²) in [5.41, 5.74) is 0.230. The first kappa shape index (κ1) is 10.9. The molecule has 2 nitrogen and oxygen atoms in total. The van der Waals surface area contributed by atoms with E-state index in [2.05, 4.69) is 11.9 Å². The number of aliphatic hydroxyl groups is 1. The Kier molecular flexibility index (Phi) is 2.98. The zero-order chi connectivity index (χ0) is 10.9. The zero-order valence-corrected chi connectivity index (χ0v) is 9.67. The summed E-state index contributed by atoms with van der Waals surface area (Å²) < 4.78 is 0. The molecule has 0 atom stereocenters. The number of hydrogen-bond acceptors (Lipinski definition) is 2. The molecule has 1 saturated carbocycles. The number of rotatable bonds is 1. The van der Waals surface area contributed by atoms with Gasteiger partial charge in [-0.3, -0.25) is 0 Å². The maximum Gasteiger partial charge on any atom is 0.129 e. The number of pyridine rings is 1. The van der Waals surface area contributed by atoms with Crippen molar-refractivity contribution in [3.8, 4) is 0 Å². The third-order valence-electron chi connectivity index (χ3n) is 3.37. The topological polar surface area (TPSA) is 33.1 Å². The molecule has 1 aliphatic carbocycles. The summed E-state index contributed by atoms with van der Waals surface area (Å²) in [5.74, 6) is 0.725. The van der Waals surface area contributed by atoms with Crippen LogP contribution >= 0.6 is 11.6 Å². The lowest BCUT2D eigenvalue weighted by Gasteiger charge is -2.35. The van der Waals surface area contributed by atoms with Gasteiger partial charge in [-0.25, -0.2) is 4.98 Å². The normalized spacial score (nSPS) is 31.5. The van der Waals surface area contributed by atoms with E-state index in [1.165, 1.54) is 0 Å². The smallest absolute Gasteiger partial charge is 0.129 e. The van der Waals surface area contributed by atoms with Gasteiger partial charge in [-0.05, 0) is 49.3 Å². The Balaban J connectivity index is 2.22. The molecule has 0 bridgehead atoms. The van der Waals surface area contributed by atoms with Gasteiger partial charge in [0.2, 0.25) is 0 Å². The Bertz CT molecular complexity index is 345. The van der Waals surface area contributed by atoms with Gasteiger partial charge < -0.3 is 5.11 Å². The molecule has 1 fully saturated rings. The summed E-state index contributed by atoms with van der Waals surface area (Å²) in [7, 11) is 0. The Labute approximate surface area is 95.3 Å². The second kappa shape index (κ2) is 4.11. The van der Waals surface area contributed by atoms with Crippen LogP contribution in [0, 0.1) is 5.92 Å². The van der Waals surface area contributed by atoms with Crippen LogP contribution in [0.3, 0.4) is 0 Å². The minimum atomic E-state index is -0.681. The summed E-state index contributed by atoms with van der Waals surface area (Å²) >= 11 is 5.83. The fourth-order valence-corrected chi connectivity index (χ4v) is 2.39. The third-order valence-corrected chi connectivity index (χ3v) is 3.57. The predicted molar refractivity (Wildman–Crippen MR) is 60.8 cm³/mol. The van der Waals surface area contributed by atoms with E-state index in [0.717, 1.165) is 37.2 Å². The van der Waals surface area contributed by atoms with Crippen molar-refractivity contribution in [2.24, 2.45) is 5.92 Å². The molecule has 1 N–H and O–H groups in total. The molecule has 82 valence electrons. The number of halogens is 1. The Hall–Kier alpha value is -0.600. The second-order valence-electron chi connectivity index (χ2n) is 4.58. The maximum absolute atomic E-state index is 10.5. The van der Waals surface area contributed by atoms with Gasteiger partial charge in [-0.15, -0.1) is 0 Å². The molecule has 0 amide bonds. The first-order valence-electron chi connectivity index (χ1n) is 5.44. The van der Waals surface area contributed by atoms with Crippen molar-refractivity contribution >= 4 is 11.6 Å². The van der Waals surface area contributed by atoms with Gasteiger partial charge in [-0.1, -0.05) is 18.5 Å². The molecule has 2 rings (SSSR count). The van der Waals surface area contributed by atoms with Crippen molar-refractivity contribution in [3.63, 3.8) is 0 Å². The van der Waals surface area contributed by atoms with E-state index < -0.39 is 5.60 Å². The predicted octanol–water partition coefficient (Wildman–Crippen LogP) is 3.13. The van der Waals surface area contributed by atoms with Gasteiger partial charge in [0.1, 0.15) is 5.15 Å². The molecular formula is C12H16ClNO. The average Bonchev–Trinajstić information content (AvgIpc) is 2.23. The highest BCUT2D eigenvalue weighted by molar-refractivity contribution is 6.29. The Morgan fingerprint density at radius 3 is 2.73 bits per heavy atom. The van der Waals surface area contributed by atoms with Crippen molar-refractivity contribution in [1.29, 1.82) is 0 Å². The highest BCUT2D eigenvalue weighted by atomic mass is 35.5. The van der Waals surface area contributed by atoms with E-state index >= 15 is 0 Å². The van der Waals surface area contributed by atoms with Crippen LogP contribution < -0.4 is 0 Å². The van der Waals surface area contributed by atoms with Crippen molar-refractivity contribution in [3.05, 3.63) is 29.0 Å². The molecule has 0 saturated heterocycles. The van der Waals surface area contributed by atoms with Crippen LogP contribution in [0.5, 0.6) is 0 Å². The molecule has 0 spiro atoms. The van der Waals surface area contributed by atoms with E-state index in [9.17, 15) is 5.11 Å². The minimum absolute atomic E-state index is 0.458. The van der Waals surface area contributed by atoms with Gasteiger partial charge in [-0.2, -0.15) is 0 Å². The fraction of sp³-hybridized carbons (Fsp3) is 0.583. The molecule has 1 aliphatic rings. The summed E-state index contributed by atoms with van der Waals surface area (Å²) in [6.45, 7) is 2.24. The highest BCUT2D eigenvalue weighted by Gasteiger charge is 2.33. The third kappa shape index (κ3) is 2.32. The second-order valence-corrected chi connectivity index (χ2v) is 4.97. The fourth-order valence-electron chi connectivity index (χ4n) is 2.22. The largest absolute Gasteiger partial charge is 0.385 e. The molecule has 0 radical (unpaired) electrons. The van der Waals surface area contributed by atoms with Crippen molar-refractivity contribution in [1.82, 2.24) is 4.98 Å². The van der Waals surface area contributed by atoms with E-state index in [1.54, 1.807) is 12.3 Å². The number of hydrogen-bond donors (Lipinski definition) is 1. The van der Waals surface area contributed by atoms with Crippen molar-refractivity contribution in [2.75, 3.05) is 0 Å². The van der Waals surface area contributed by atoms with Gasteiger partial charge in [0.25, 0.3) is 0 Å². The lowest BCUT2D eigenvalue weighted by molar-refractivity contribution is -0.0120. The lowest BCUT2D eigenvalue weighted by atomic mass is 9.76. The molecule has 0 aliphatic heterocycles. The van der Waals surface area contributed by atoms with Gasteiger partial charge in [0, 0.05) is 6.20 Å². The maximum atomic E-state index is 10.5. The summed E-state index contributed by atoms with van der Waals surface area (Å²) in [6, 6.07) is 3.64. The van der Waals surface area contributed by atoms with Crippen LogP contribution in [-0.4, -0.2) is 10.1 Å². The summed E-state index contributed by atoms with van der Waals surface area (Å²) in [6.07, 6.45) is 5.48. The minimum Gasteiger partial charge on any atom is -0.385 e. The van der Waals surface area contributed by atoms with E-state index in [1.807, 2.05) is 6.07 Å². The molecule has 1 heterocycles. The summed E-state index contributed by atoms with van der Waals surface area (Å²) in [5, 5.41) is 11.0. The molecule has 1 aromatic rings. The van der Waals surface area contributed by atoms with E-state index in [-0.39, 0.29) is 0 Å². The van der Waals surface area contributed by atoms with Gasteiger partial charge >= 0.3 is 0 Å². The number of aromatic nitrogens is 1. The standard InChI is InChI=1S/C12H16ClNO/c1-9-2-5-12(15,6-3-9)10-4-7-14-11(13)8-10/h4,7-9,15H,2-3,5-6H2,1H3. The highest BCUT2D eigenvalue weighted by Crippen LogP contribution is 2.39. The van der Waals surface area contributed by atoms with Crippen LogP contribution in [0.4, 0.5) is 0 Å². The van der Waals surface area contributed by atoms with Crippen LogP contribution in [0.1, 0.15) is 38.2 Å². The average molecular weight is 226 g/mol. The summed E-state index contributed by atoms with van der Waals surface area (Å²) in [4.78, 5) is 3.94. The Morgan fingerprint density at radius 2 is 2.13 bits per heavy atom. The molecule has 0 aromatic carbocycles. The molecule has 15 heavy (non-hydrogen) atoms. The SMILES string of the molecule is CC1CCC(O)(c2ccnc(Cl)c2)CC1. The molecular weight excluding hydrogens is 210 g/mol. The molecule has 3 heteroatoms. The molecule has 0 unspecified atom stereocenters. The van der Waals surface area contributed by atoms with Gasteiger partial charge in [0.05, 0.1) is 5.60 Å². The Morgan fingerprint density at radius 1 is 1.47 bits per heavy atom. The molecule has 1 aromatic heterocycles. The van der Waals surface area contributed by atoms with Crippen LogP contribution in [-0.2, 0) is 5.60 Å². The van der Waals surface area contributed by atoms with Crippen LogP contribution in [0.25, 0.3) is 0 Å². The number of nitrogens with zero attached hydrogens (tertiary/aromatic N) is 1. The quantitative estimate of drug-likeness (QED) is 0.745. The van der Waals surface area contributed by atoms with Crippen molar-refractivity contribution < 1.29 is 5.11 Å². The lowest BCUT2D eigenvalue weighted by Crippen LogP contribution is -2.30. The van der Waals surface area contributed by atoms with E-state index in [4.69, 9.17) is 11.6 Å². The van der Waals surface area contributed by atoms with E-state index in [0.29, 0.717) is 5.15 Å². The first-order chi connectivity index (χ1) is 7.10. The first-order valence-corrected chi connectivity index (χ1v) is 5.82. The zero-order valence-electron chi connectivity index (χ0n) is 8.91. The van der Waals surface area contributed by atoms with Crippen molar-refractivity contribution in [2.45, 2.75) is 38.2 Å².